The highest BCUT2D eigenvalue weighted by Gasteiger charge is 2.16. The van der Waals surface area contributed by atoms with Gasteiger partial charge in [-0.05, 0) is 19.9 Å². The van der Waals surface area contributed by atoms with Gasteiger partial charge in [0.15, 0.2) is 0 Å². The summed E-state index contributed by atoms with van der Waals surface area (Å²) in [4.78, 5) is 18.3. The van der Waals surface area contributed by atoms with E-state index in [2.05, 4.69) is 10.3 Å². The van der Waals surface area contributed by atoms with Gasteiger partial charge in [0.2, 0.25) is 5.91 Å². The average molecular weight is 239 g/mol. The van der Waals surface area contributed by atoms with Crippen molar-refractivity contribution < 1.29 is 4.79 Å². The lowest BCUT2D eigenvalue weighted by atomic mass is 10.3. The predicted octanol–water partition coefficient (Wildman–Crippen LogP) is 0.816. The van der Waals surface area contributed by atoms with Gasteiger partial charge >= 0.3 is 0 Å². The highest BCUT2D eigenvalue weighted by molar-refractivity contribution is 7.09. The molecule has 0 radical (unpaired) electrons. The van der Waals surface area contributed by atoms with E-state index in [1.165, 1.54) is 0 Å². The summed E-state index contributed by atoms with van der Waals surface area (Å²) in [5, 5.41) is 6.30. The normalized spacial score (nSPS) is 17.2. The van der Waals surface area contributed by atoms with Crippen molar-refractivity contribution >= 4 is 17.2 Å². The monoisotopic (exact) mass is 239 g/mol. The molecule has 1 amide bonds. The van der Waals surface area contributed by atoms with Gasteiger partial charge in [0.25, 0.3) is 0 Å². The minimum atomic E-state index is 0.203. The topological polar surface area (TPSA) is 45.2 Å². The molecule has 88 valence electrons. The molecule has 0 atom stereocenters. The van der Waals surface area contributed by atoms with Crippen LogP contribution in [0.1, 0.15) is 17.1 Å². The Hall–Kier alpha value is -0.940. The number of rotatable bonds is 2. The zero-order valence-corrected chi connectivity index (χ0v) is 10.3. The van der Waals surface area contributed by atoms with Gasteiger partial charge in [0.05, 0.1) is 17.1 Å². The van der Waals surface area contributed by atoms with E-state index in [9.17, 15) is 4.79 Å². The highest BCUT2D eigenvalue weighted by atomic mass is 32.1. The maximum absolute atomic E-state index is 12.0. The SMILES string of the molecule is Cc1nc(CC(=O)N2CCCNCC2)cs1. The Morgan fingerprint density at radius 1 is 1.56 bits per heavy atom. The molecular weight excluding hydrogens is 222 g/mol. The summed E-state index contributed by atoms with van der Waals surface area (Å²) < 4.78 is 0. The van der Waals surface area contributed by atoms with E-state index in [4.69, 9.17) is 0 Å². The third-order valence-corrected chi connectivity index (χ3v) is 3.51. The van der Waals surface area contributed by atoms with Gasteiger partial charge in [-0.1, -0.05) is 0 Å². The molecule has 4 nitrogen and oxygen atoms in total. The summed E-state index contributed by atoms with van der Waals surface area (Å²) in [6.45, 7) is 5.58. The lowest BCUT2D eigenvalue weighted by Gasteiger charge is -2.19. The average Bonchev–Trinajstić information content (AvgIpc) is 2.56. The van der Waals surface area contributed by atoms with E-state index in [1.807, 2.05) is 17.2 Å². The number of hydrogen-bond donors (Lipinski definition) is 1. The Balaban J connectivity index is 1.91. The molecule has 0 saturated carbocycles. The van der Waals surface area contributed by atoms with Crippen LogP contribution in [0.2, 0.25) is 0 Å². The Kier molecular flexibility index (Phi) is 3.90. The van der Waals surface area contributed by atoms with Crippen LogP contribution in [0.15, 0.2) is 5.38 Å². The summed E-state index contributed by atoms with van der Waals surface area (Å²) in [6.07, 6.45) is 1.49. The minimum absolute atomic E-state index is 0.203. The maximum atomic E-state index is 12.0. The second kappa shape index (κ2) is 5.41. The fourth-order valence-corrected chi connectivity index (χ4v) is 2.46. The van der Waals surface area contributed by atoms with Crippen LogP contribution in [-0.4, -0.2) is 42.0 Å². The minimum Gasteiger partial charge on any atom is -0.341 e. The number of carbonyl (C=O) groups excluding carboxylic acids is 1. The van der Waals surface area contributed by atoms with Gasteiger partial charge in [0, 0.05) is 25.0 Å². The zero-order chi connectivity index (χ0) is 11.4. The number of aromatic nitrogens is 1. The van der Waals surface area contributed by atoms with Crippen molar-refractivity contribution in [3.05, 3.63) is 16.1 Å². The summed E-state index contributed by atoms with van der Waals surface area (Å²) in [5.41, 5.74) is 0.907. The first-order valence-electron chi connectivity index (χ1n) is 5.65. The number of nitrogens with zero attached hydrogens (tertiary/aromatic N) is 2. The summed E-state index contributed by atoms with van der Waals surface area (Å²) in [5.74, 6) is 0.203. The number of aryl methyl sites for hydroxylation is 1. The van der Waals surface area contributed by atoms with Crippen LogP contribution in [0.3, 0.4) is 0 Å². The molecule has 1 fully saturated rings. The molecule has 1 aromatic heterocycles. The fourth-order valence-electron chi connectivity index (χ4n) is 1.85. The van der Waals surface area contributed by atoms with E-state index >= 15 is 0 Å². The van der Waals surface area contributed by atoms with Gasteiger partial charge in [-0.2, -0.15) is 0 Å². The van der Waals surface area contributed by atoms with Crippen LogP contribution < -0.4 is 5.32 Å². The molecule has 2 heterocycles. The summed E-state index contributed by atoms with van der Waals surface area (Å²) in [6, 6.07) is 0. The second-order valence-corrected chi connectivity index (χ2v) is 5.08. The Morgan fingerprint density at radius 3 is 3.19 bits per heavy atom. The van der Waals surface area contributed by atoms with E-state index < -0.39 is 0 Å². The van der Waals surface area contributed by atoms with Crippen LogP contribution >= 0.6 is 11.3 Å². The van der Waals surface area contributed by atoms with Gasteiger partial charge in [-0.3, -0.25) is 4.79 Å². The first-order valence-corrected chi connectivity index (χ1v) is 6.53. The smallest absolute Gasteiger partial charge is 0.228 e. The molecule has 0 spiro atoms. The van der Waals surface area contributed by atoms with Crippen LogP contribution in [0.25, 0.3) is 0 Å². The molecular formula is C11H17N3OS. The summed E-state index contributed by atoms with van der Waals surface area (Å²) in [7, 11) is 0. The van der Waals surface area contributed by atoms with E-state index in [1.54, 1.807) is 11.3 Å². The lowest BCUT2D eigenvalue weighted by Crippen LogP contribution is -2.35. The first kappa shape index (κ1) is 11.5. The van der Waals surface area contributed by atoms with Crippen molar-refractivity contribution in [2.45, 2.75) is 19.8 Å². The molecule has 1 saturated heterocycles. The third-order valence-electron chi connectivity index (χ3n) is 2.69. The predicted molar refractivity (Wildman–Crippen MR) is 64.6 cm³/mol. The third kappa shape index (κ3) is 3.02. The molecule has 0 bridgehead atoms. The van der Waals surface area contributed by atoms with Crippen LogP contribution in [0, 0.1) is 6.92 Å². The summed E-state index contributed by atoms with van der Waals surface area (Å²) >= 11 is 1.60. The molecule has 0 aliphatic carbocycles. The second-order valence-electron chi connectivity index (χ2n) is 4.02. The van der Waals surface area contributed by atoms with Crippen LogP contribution in [0.5, 0.6) is 0 Å². The van der Waals surface area contributed by atoms with Gasteiger partial charge < -0.3 is 10.2 Å². The Bertz CT molecular complexity index is 356. The molecule has 1 aliphatic rings. The standard InChI is InChI=1S/C11H17N3OS/c1-9-13-10(8-16-9)7-11(15)14-5-2-3-12-4-6-14/h8,12H,2-7H2,1H3. The number of nitrogens with one attached hydrogen (secondary N) is 1. The van der Waals surface area contributed by atoms with Crippen molar-refractivity contribution in [1.82, 2.24) is 15.2 Å². The molecule has 0 aromatic carbocycles. The zero-order valence-electron chi connectivity index (χ0n) is 9.53. The van der Waals surface area contributed by atoms with Gasteiger partial charge in [-0.25, -0.2) is 4.98 Å². The fraction of sp³-hybridized carbons (Fsp3) is 0.636. The van der Waals surface area contributed by atoms with Crippen molar-refractivity contribution in [2.75, 3.05) is 26.2 Å². The Labute approximate surface area is 99.7 Å². The Morgan fingerprint density at radius 2 is 2.44 bits per heavy atom. The van der Waals surface area contributed by atoms with E-state index in [0.717, 1.165) is 43.3 Å². The lowest BCUT2D eigenvalue weighted by molar-refractivity contribution is -0.130. The van der Waals surface area contributed by atoms with Crippen molar-refractivity contribution in [3.63, 3.8) is 0 Å². The number of carbonyl (C=O) groups is 1. The van der Waals surface area contributed by atoms with Crippen molar-refractivity contribution in [1.29, 1.82) is 0 Å². The largest absolute Gasteiger partial charge is 0.341 e. The maximum Gasteiger partial charge on any atom is 0.228 e. The number of amides is 1. The molecule has 1 aliphatic heterocycles. The van der Waals surface area contributed by atoms with E-state index in [0.29, 0.717) is 6.42 Å². The molecule has 2 rings (SSSR count). The quantitative estimate of drug-likeness (QED) is 0.831. The van der Waals surface area contributed by atoms with Gasteiger partial charge in [0.1, 0.15) is 0 Å². The van der Waals surface area contributed by atoms with E-state index in [-0.39, 0.29) is 5.91 Å². The van der Waals surface area contributed by atoms with Crippen LogP contribution in [-0.2, 0) is 11.2 Å². The molecule has 0 unspecified atom stereocenters. The molecule has 5 heteroatoms. The molecule has 1 N–H and O–H groups in total. The molecule has 16 heavy (non-hydrogen) atoms. The molecule has 1 aromatic rings. The number of hydrogen-bond acceptors (Lipinski definition) is 4. The number of thiazole rings is 1. The van der Waals surface area contributed by atoms with Crippen molar-refractivity contribution in [2.24, 2.45) is 0 Å². The van der Waals surface area contributed by atoms with Gasteiger partial charge in [-0.15, -0.1) is 11.3 Å². The highest BCUT2D eigenvalue weighted by Crippen LogP contribution is 2.10. The van der Waals surface area contributed by atoms with Crippen molar-refractivity contribution in [3.8, 4) is 0 Å². The first-order chi connectivity index (χ1) is 7.75. The van der Waals surface area contributed by atoms with Crippen LogP contribution in [0.4, 0.5) is 0 Å².